The van der Waals surface area contributed by atoms with E-state index in [1.807, 2.05) is 37.0 Å². The number of nitrogens with one attached hydrogen (secondary N) is 1. The standard InChI is InChI=1S/C20H24N6O/c1-13-14(2)23-19(24-20(13)27)17-4-5-18(21-10-17)26-7-6-15(12-26)8-16-9-22-25(3)11-16/h4-5,9-11,15H,6-8,12H2,1-3H3,(H,23,24,27). The van der Waals surface area contributed by atoms with Gasteiger partial charge in [-0.1, -0.05) is 0 Å². The van der Waals surface area contributed by atoms with Gasteiger partial charge in [0.15, 0.2) is 0 Å². The molecular formula is C20H24N6O. The van der Waals surface area contributed by atoms with Gasteiger partial charge in [-0.2, -0.15) is 5.10 Å². The number of H-pyrrole nitrogens is 1. The largest absolute Gasteiger partial charge is 0.356 e. The zero-order chi connectivity index (χ0) is 19.0. The molecule has 3 aromatic heterocycles. The summed E-state index contributed by atoms with van der Waals surface area (Å²) in [7, 11) is 1.95. The smallest absolute Gasteiger partial charge is 0.254 e. The van der Waals surface area contributed by atoms with E-state index in [1.165, 1.54) is 5.56 Å². The fourth-order valence-electron chi connectivity index (χ4n) is 3.61. The number of hydrogen-bond donors (Lipinski definition) is 1. The van der Waals surface area contributed by atoms with E-state index in [9.17, 15) is 4.79 Å². The van der Waals surface area contributed by atoms with Gasteiger partial charge in [0.1, 0.15) is 11.6 Å². The number of pyridine rings is 1. The monoisotopic (exact) mass is 364 g/mol. The molecule has 1 saturated heterocycles. The highest BCUT2D eigenvalue weighted by atomic mass is 16.1. The number of nitrogens with zero attached hydrogens (tertiary/aromatic N) is 5. The minimum atomic E-state index is -0.0978. The van der Waals surface area contributed by atoms with Crippen molar-refractivity contribution in [3.63, 3.8) is 0 Å². The molecule has 0 radical (unpaired) electrons. The van der Waals surface area contributed by atoms with Gasteiger partial charge in [0, 0.05) is 49.4 Å². The number of aromatic nitrogens is 5. The number of rotatable bonds is 4. The Balaban J connectivity index is 1.46. The number of aryl methyl sites for hydroxylation is 2. The summed E-state index contributed by atoms with van der Waals surface area (Å²) >= 11 is 0. The van der Waals surface area contributed by atoms with Crippen molar-refractivity contribution in [1.82, 2.24) is 24.7 Å². The van der Waals surface area contributed by atoms with Gasteiger partial charge in [-0.25, -0.2) is 9.97 Å². The molecule has 1 N–H and O–H groups in total. The lowest BCUT2D eigenvalue weighted by molar-refractivity contribution is 0.586. The molecule has 1 fully saturated rings. The number of aromatic amines is 1. The Kier molecular flexibility index (Phi) is 4.51. The van der Waals surface area contributed by atoms with Crippen LogP contribution in [0, 0.1) is 19.8 Å². The summed E-state index contributed by atoms with van der Waals surface area (Å²) in [6.45, 7) is 5.64. The summed E-state index contributed by atoms with van der Waals surface area (Å²) in [6.07, 6.45) is 8.04. The van der Waals surface area contributed by atoms with Gasteiger partial charge in [0.05, 0.1) is 6.20 Å². The maximum absolute atomic E-state index is 12.0. The summed E-state index contributed by atoms with van der Waals surface area (Å²) in [5.74, 6) is 2.16. The first-order valence-electron chi connectivity index (χ1n) is 9.26. The second kappa shape index (κ2) is 6.98. The number of hydrogen-bond acceptors (Lipinski definition) is 5. The van der Waals surface area contributed by atoms with E-state index >= 15 is 0 Å². The van der Waals surface area contributed by atoms with Crippen LogP contribution in [0.3, 0.4) is 0 Å². The lowest BCUT2D eigenvalue weighted by Crippen LogP contribution is -2.21. The van der Waals surface area contributed by atoms with Crippen molar-refractivity contribution in [3.05, 3.63) is 57.9 Å². The molecule has 7 nitrogen and oxygen atoms in total. The van der Waals surface area contributed by atoms with Gasteiger partial charge < -0.3 is 9.88 Å². The predicted octanol–water partition coefficient (Wildman–Crippen LogP) is 2.25. The highest BCUT2D eigenvalue weighted by molar-refractivity contribution is 5.56. The maximum Gasteiger partial charge on any atom is 0.254 e. The third-order valence-electron chi connectivity index (χ3n) is 5.31. The van der Waals surface area contributed by atoms with E-state index in [2.05, 4.69) is 31.1 Å². The van der Waals surface area contributed by atoms with E-state index in [4.69, 9.17) is 0 Å². The third-order valence-corrected chi connectivity index (χ3v) is 5.31. The second-order valence-electron chi connectivity index (χ2n) is 7.36. The Labute approximate surface area is 158 Å². The van der Waals surface area contributed by atoms with E-state index in [-0.39, 0.29) is 5.56 Å². The van der Waals surface area contributed by atoms with E-state index < -0.39 is 0 Å². The van der Waals surface area contributed by atoms with Crippen LogP contribution in [0.4, 0.5) is 5.82 Å². The van der Waals surface area contributed by atoms with Gasteiger partial charge in [0.2, 0.25) is 0 Å². The summed E-state index contributed by atoms with van der Waals surface area (Å²) in [4.78, 5) is 26.2. The molecule has 4 rings (SSSR count). The predicted molar refractivity (Wildman–Crippen MR) is 105 cm³/mol. The lowest BCUT2D eigenvalue weighted by atomic mass is 10.0. The summed E-state index contributed by atoms with van der Waals surface area (Å²) in [5, 5.41) is 4.25. The molecule has 140 valence electrons. The van der Waals surface area contributed by atoms with Crippen LogP contribution < -0.4 is 10.5 Å². The molecule has 27 heavy (non-hydrogen) atoms. The van der Waals surface area contributed by atoms with Gasteiger partial charge in [-0.3, -0.25) is 9.48 Å². The fraction of sp³-hybridized carbons (Fsp3) is 0.400. The molecule has 0 amide bonds. The van der Waals surface area contributed by atoms with Crippen LogP contribution in [0.1, 0.15) is 23.2 Å². The Morgan fingerprint density at radius 3 is 2.78 bits per heavy atom. The van der Waals surface area contributed by atoms with Crippen molar-refractivity contribution in [1.29, 1.82) is 0 Å². The molecule has 1 aliphatic rings. The molecule has 7 heteroatoms. The highest BCUT2D eigenvalue weighted by Crippen LogP contribution is 2.26. The molecule has 0 spiro atoms. The minimum Gasteiger partial charge on any atom is -0.356 e. The van der Waals surface area contributed by atoms with Crippen LogP contribution in [-0.2, 0) is 13.5 Å². The van der Waals surface area contributed by atoms with Crippen LogP contribution in [0.15, 0.2) is 35.5 Å². The molecule has 0 bridgehead atoms. The van der Waals surface area contributed by atoms with Crippen LogP contribution in [0.25, 0.3) is 11.4 Å². The summed E-state index contributed by atoms with van der Waals surface area (Å²) < 4.78 is 1.85. The van der Waals surface area contributed by atoms with E-state index in [0.717, 1.165) is 43.0 Å². The van der Waals surface area contributed by atoms with Gasteiger partial charge in [-0.05, 0) is 50.3 Å². The molecule has 1 atom stereocenters. The molecule has 0 aliphatic carbocycles. The Hall–Kier alpha value is -2.96. The van der Waals surface area contributed by atoms with Crippen molar-refractivity contribution in [3.8, 4) is 11.4 Å². The highest BCUT2D eigenvalue weighted by Gasteiger charge is 2.24. The molecule has 1 aliphatic heterocycles. The molecule has 3 aromatic rings. The van der Waals surface area contributed by atoms with Crippen molar-refractivity contribution < 1.29 is 0 Å². The summed E-state index contributed by atoms with van der Waals surface area (Å²) in [5.41, 5.74) is 3.41. The van der Waals surface area contributed by atoms with Crippen LogP contribution in [-0.4, -0.2) is 37.8 Å². The molecule has 1 unspecified atom stereocenters. The van der Waals surface area contributed by atoms with Crippen LogP contribution in [0.2, 0.25) is 0 Å². The van der Waals surface area contributed by atoms with Crippen molar-refractivity contribution in [2.24, 2.45) is 13.0 Å². The first-order chi connectivity index (χ1) is 13.0. The Bertz CT molecular complexity index is 1000. The minimum absolute atomic E-state index is 0.0978. The average Bonchev–Trinajstić information content (AvgIpc) is 3.29. The van der Waals surface area contributed by atoms with Gasteiger partial charge >= 0.3 is 0 Å². The molecule has 4 heterocycles. The van der Waals surface area contributed by atoms with E-state index in [0.29, 0.717) is 17.3 Å². The van der Waals surface area contributed by atoms with Crippen LogP contribution in [0.5, 0.6) is 0 Å². The first-order valence-corrected chi connectivity index (χ1v) is 9.26. The fourth-order valence-corrected chi connectivity index (χ4v) is 3.61. The van der Waals surface area contributed by atoms with Crippen LogP contribution >= 0.6 is 0 Å². The second-order valence-corrected chi connectivity index (χ2v) is 7.36. The SMILES string of the molecule is Cc1nc(-c2ccc(N3CCC(Cc4cnn(C)c4)C3)nc2)[nH]c(=O)c1C. The molecule has 0 saturated carbocycles. The zero-order valence-corrected chi connectivity index (χ0v) is 15.9. The zero-order valence-electron chi connectivity index (χ0n) is 15.9. The van der Waals surface area contributed by atoms with E-state index in [1.54, 1.807) is 13.1 Å². The van der Waals surface area contributed by atoms with Crippen molar-refractivity contribution in [2.75, 3.05) is 18.0 Å². The Morgan fingerprint density at radius 2 is 2.11 bits per heavy atom. The number of anilines is 1. The topological polar surface area (TPSA) is 79.7 Å². The summed E-state index contributed by atoms with van der Waals surface area (Å²) in [6, 6.07) is 3.99. The van der Waals surface area contributed by atoms with Gasteiger partial charge in [-0.15, -0.1) is 0 Å². The normalized spacial score (nSPS) is 16.9. The third kappa shape index (κ3) is 3.63. The van der Waals surface area contributed by atoms with Crippen molar-refractivity contribution >= 4 is 5.82 Å². The van der Waals surface area contributed by atoms with Crippen molar-refractivity contribution in [2.45, 2.75) is 26.7 Å². The molecular weight excluding hydrogens is 340 g/mol. The quantitative estimate of drug-likeness (QED) is 0.768. The first kappa shape index (κ1) is 17.5. The molecule has 0 aromatic carbocycles. The Morgan fingerprint density at radius 1 is 1.26 bits per heavy atom. The lowest BCUT2D eigenvalue weighted by Gasteiger charge is -2.17. The maximum atomic E-state index is 12.0. The van der Waals surface area contributed by atoms with Gasteiger partial charge in [0.25, 0.3) is 5.56 Å². The average molecular weight is 364 g/mol.